The van der Waals surface area contributed by atoms with Crippen molar-refractivity contribution in [1.82, 2.24) is 5.16 Å². The van der Waals surface area contributed by atoms with Crippen LogP contribution in [0, 0.1) is 5.82 Å². The first-order valence-electron chi connectivity index (χ1n) is 8.51. The molecular formula is C18H22FN3O6. The summed E-state index contributed by atoms with van der Waals surface area (Å²) >= 11 is 0. The van der Waals surface area contributed by atoms with Gasteiger partial charge in [-0.05, 0) is 31.0 Å². The van der Waals surface area contributed by atoms with E-state index >= 15 is 0 Å². The molecule has 0 unspecified atom stereocenters. The monoisotopic (exact) mass is 395 g/mol. The van der Waals surface area contributed by atoms with E-state index in [4.69, 9.17) is 24.9 Å². The van der Waals surface area contributed by atoms with E-state index < -0.39 is 17.8 Å². The molecule has 1 aromatic carbocycles. The molecule has 2 aromatic rings. The number of nitrogens with zero attached hydrogens (tertiary/aromatic N) is 2. The van der Waals surface area contributed by atoms with Gasteiger partial charge in [0, 0.05) is 31.6 Å². The van der Waals surface area contributed by atoms with Crippen molar-refractivity contribution in [2.24, 2.45) is 5.73 Å². The van der Waals surface area contributed by atoms with Crippen LogP contribution in [0.2, 0.25) is 0 Å². The van der Waals surface area contributed by atoms with Crippen LogP contribution in [0.25, 0.3) is 11.3 Å². The number of benzene rings is 1. The first-order valence-corrected chi connectivity index (χ1v) is 8.51. The second kappa shape index (κ2) is 9.18. The third kappa shape index (κ3) is 4.97. The number of aromatic nitrogens is 1. The van der Waals surface area contributed by atoms with Crippen molar-refractivity contribution in [3.8, 4) is 17.1 Å². The van der Waals surface area contributed by atoms with E-state index in [-0.39, 0.29) is 28.9 Å². The number of carbonyl (C=O) groups is 2. The van der Waals surface area contributed by atoms with Crippen LogP contribution >= 0.6 is 0 Å². The van der Waals surface area contributed by atoms with Crippen LogP contribution < -0.4 is 15.4 Å². The number of halogens is 1. The third-order valence-corrected chi connectivity index (χ3v) is 4.06. The SMILES string of the molecule is CC(=O)O.COc1cc(-c2onc(N3CCC[C@H](N)C3)c2C(=O)O)ccc1F. The highest BCUT2D eigenvalue weighted by Gasteiger charge is 2.30. The molecule has 2 heterocycles. The predicted octanol–water partition coefficient (Wildman–Crippen LogP) is 2.21. The number of methoxy groups -OCH3 is 1. The Labute approximate surface area is 160 Å². The van der Waals surface area contributed by atoms with Gasteiger partial charge in [0.05, 0.1) is 7.11 Å². The van der Waals surface area contributed by atoms with Gasteiger partial charge in [-0.25, -0.2) is 9.18 Å². The first kappa shape index (κ1) is 21.2. The molecule has 1 aromatic heterocycles. The van der Waals surface area contributed by atoms with Crippen molar-refractivity contribution >= 4 is 17.8 Å². The molecule has 10 heteroatoms. The van der Waals surface area contributed by atoms with Gasteiger partial charge in [0.2, 0.25) is 0 Å². The number of aromatic carboxylic acids is 1. The molecule has 1 aliphatic rings. The molecule has 0 radical (unpaired) electrons. The molecule has 4 N–H and O–H groups in total. The van der Waals surface area contributed by atoms with Crippen molar-refractivity contribution in [3.63, 3.8) is 0 Å². The first-order chi connectivity index (χ1) is 13.2. The number of carboxylic acids is 2. The maximum absolute atomic E-state index is 13.6. The van der Waals surface area contributed by atoms with Gasteiger partial charge in [-0.1, -0.05) is 5.16 Å². The van der Waals surface area contributed by atoms with Crippen LogP contribution in [0.15, 0.2) is 22.7 Å². The van der Waals surface area contributed by atoms with Gasteiger partial charge in [0.1, 0.15) is 0 Å². The van der Waals surface area contributed by atoms with E-state index in [1.54, 1.807) is 0 Å². The maximum atomic E-state index is 13.6. The lowest BCUT2D eigenvalue weighted by Crippen LogP contribution is -2.43. The highest BCUT2D eigenvalue weighted by atomic mass is 19.1. The Hall–Kier alpha value is -3.14. The summed E-state index contributed by atoms with van der Waals surface area (Å²) in [4.78, 5) is 22.6. The largest absolute Gasteiger partial charge is 0.494 e. The zero-order valence-corrected chi connectivity index (χ0v) is 15.5. The second-order valence-corrected chi connectivity index (χ2v) is 6.23. The van der Waals surface area contributed by atoms with Gasteiger partial charge in [0.15, 0.2) is 28.7 Å². The normalized spacial score (nSPS) is 16.1. The number of anilines is 1. The minimum absolute atomic E-state index is 0.00165. The van der Waals surface area contributed by atoms with E-state index in [0.717, 1.165) is 19.8 Å². The quantitative estimate of drug-likeness (QED) is 0.711. The molecule has 0 bridgehead atoms. The summed E-state index contributed by atoms with van der Waals surface area (Å²) in [5.74, 6) is -2.23. The fraction of sp³-hybridized carbons (Fsp3) is 0.389. The summed E-state index contributed by atoms with van der Waals surface area (Å²) in [5, 5.41) is 21.0. The fourth-order valence-electron chi connectivity index (χ4n) is 2.89. The van der Waals surface area contributed by atoms with Crippen LogP contribution in [-0.2, 0) is 4.79 Å². The van der Waals surface area contributed by atoms with Crippen LogP contribution in [0.3, 0.4) is 0 Å². The van der Waals surface area contributed by atoms with Gasteiger partial charge in [-0.15, -0.1) is 0 Å². The molecule has 1 aliphatic heterocycles. The maximum Gasteiger partial charge on any atom is 0.343 e. The summed E-state index contributed by atoms with van der Waals surface area (Å²) in [5.41, 5.74) is 6.28. The van der Waals surface area contributed by atoms with Crippen molar-refractivity contribution in [1.29, 1.82) is 0 Å². The molecule has 1 saturated heterocycles. The molecule has 0 saturated carbocycles. The lowest BCUT2D eigenvalue weighted by atomic mass is 10.0. The summed E-state index contributed by atoms with van der Waals surface area (Å²) < 4.78 is 23.8. The lowest BCUT2D eigenvalue weighted by molar-refractivity contribution is -0.134. The second-order valence-electron chi connectivity index (χ2n) is 6.23. The average molecular weight is 395 g/mol. The van der Waals surface area contributed by atoms with Crippen molar-refractivity contribution < 1.29 is 33.5 Å². The van der Waals surface area contributed by atoms with E-state index in [1.807, 2.05) is 4.90 Å². The molecule has 152 valence electrons. The number of carboxylic acid groups (broad SMARTS) is 2. The third-order valence-electron chi connectivity index (χ3n) is 4.06. The highest BCUT2D eigenvalue weighted by Crippen LogP contribution is 2.34. The highest BCUT2D eigenvalue weighted by molar-refractivity contribution is 5.99. The molecule has 0 amide bonds. The van der Waals surface area contributed by atoms with Crippen molar-refractivity contribution in [2.75, 3.05) is 25.1 Å². The van der Waals surface area contributed by atoms with Gasteiger partial charge >= 0.3 is 5.97 Å². The summed E-state index contributed by atoms with van der Waals surface area (Å²) in [7, 11) is 1.33. The Morgan fingerprint density at radius 3 is 2.64 bits per heavy atom. The Bertz CT molecular complexity index is 850. The molecule has 0 spiro atoms. The summed E-state index contributed by atoms with van der Waals surface area (Å²) in [6, 6.07) is 3.97. The minimum Gasteiger partial charge on any atom is -0.494 e. The lowest BCUT2D eigenvalue weighted by Gasteiger charge is -2.30. The van der Waals surface area contributed by atoms with E-state index in [9.17, 15) is 14.3 Å². The van der Waals surface area contributed by atoms with Crippen LogP contribution in [0.1, 0.15) is 30.1 Å². The van der Waals surface area contributed by atoms with Crippen LogP contribution in [-0.4, -0.2) is 53.5 Å². The molecule has 1 atom stereocenters. The van der Waals surface area contributed by atoms with E-state index in [2.05, 4.69) is 5.16 Å². The number of hydrogen-bond acceptors (Lipinski definition) is 7. The zero-order valence-electron chi connectivity index (χ0n) is 15.5. The average Bonchev–Trinajstić information content (AvgIpc) is 3.07. The van der Waals surface area contributed by atoms with E-state index in [1.165, 1.54) is 25.3 Å². The number of hydrogen-bond donors (Lipinski definition) is 3. The minimum atomic E-state index is -1.16. The van der Waals surface area contributed by atoms with Crippen LogP contribution in [0.4, 0.5) is 10.2 Å². The Balaban J connectivity index is 0.000000640. The number of rotatable bonds is 4. The molecular weight excluding hydrogens is 373 g/mol. The van der Waals surface area contributed by atoms with Crippen LogP contribution in [0.5, 0.6) is 5.75 Å². The van der Waals surface area contributed by atoms with Gasteiger partial charge in [-0.3, -0.25) is 4.79 Å². The predicted molar refractivity (Wildman–Crippen MR) is 98.1 cm³/mol. The summed E-state index contributed by atoms with van der Waals surface area (Å²) in [6.45, 7) is 2.26. The molecule has 9 nitrogen and oxygen atoms in total. The molecule has 3 rings (SSSR count). The molecule has 0 aliphatic carbocycles. The van der Waals surface area contributed by atoms with Gasteiger partial charge < -0.3 is 30.1 Å². The van der Waals surface area contributed by atoms with Gasteiger partial charge in [-0.2, -0.15) is 0 Å². The Kier molecular flexibility index (Phi) is 6.94. The molecule has 28 heavy (non-hydrogen) atoms. The number of ether oxygens (including phenoxy) is 1. The number of aliphatic carboxylic acids is 1. The van der Waals surface area contributed by atoms with Crippen molar-refractivity contribution in [2.45, 2.75) is 25.8 Å². The Morgan fingerprint density at radius 1 is 1.39 bits per heavy atom. The Morgan fingerprint density at radius 2 is 2.07 bits per heavy atom. The van der Waals surface area contributed by atoms with E-state index in [0.29, 0.717) is 18.7 Å². The van der Waals surface area contributed by atoms with Crippen molar-refractivity contribution in [3.05, 3.63) is 29.6 Å². The topological polar surface area (TPSA) is 139 Å². The standard InChI is InChI=1S/C16H18FN3O4.C2H4O2/c1-23-12-7-9(4-5-11(12)17)14-13(16(21)22)15(19-24-14)20-6-2-3-10(18)8-20;1-2(3)4/h4-5,7,10H,2-3,6,8,18H2,1H3,(H,21,22);1H3,(H,3,4)/t10-;/m0./s1. The summed E-state index contributed by atoms with van der Waals surface area (Å²) in [6.07, 6.45) is 1.74. The zero-order chi connectivity index (χ0) is 20.8. The fourth-order valence-corrected chi connectivity index (χ4v) is 2.89. The molecule has 1 fully saturated rings. The smallest absolute Gasteiger partial charge is 0.343 e. The number of nitrogens with two attached hydrogens (primary N) is 1. The number of piperidine rings is 1. The van der Waals surface area contributed by atoms with Gasteiger partial charge in [0.25, 0.3) is 5.97 Å².